The van der Waals surface area contributed by atoms with Gasteiger partial charge in [-0.15, -0.1) is 0 Å². The molecule has 0 saturated heterocycles. The molecular formula is C9H19N5. The maximum absolute atomic E-state index is 6.07. The molecule has 0 spiro atoms. The van der Waals surface area contributed by atoms with E-state index in [4.69, 9.17) is 11.5 Å². The summed E-state index contributed by atoms with van der Waals surface area (Å²) < 4.78 is 1.56. The SMILES string of the molecule is Cn1nc(C(C)(C)C(C)(C)N)nc1N. The van der Waals surface area contributed by atoms with Gasteiger partial charge in [0.05, 0.1) is 0 Å². The highest BCUT2D eigenvalue weighted by molar-refractivity contribution is 5.22. The van der Waals surface area contributed by atoms with Crippen molar-refractivity contribution < 1.29 is 0 Å². The van der Waals surface area contributed by atoms with Crippen LogP contribution in [0.4, 0.5) is 5.95 Å². The van der Waals surface area contributed by atoms with Crippen LogP contribution in [-0.2, 0) is 12.5 Å². The van der Waals surface area contributed by atoms with Crippen LogP contribution in [0.1, 0.15) is 33.5 Å². The van der Waals surface area contributed by atoms with Crippen molar-refractivity contribution in [1.82, 2.24) is 14.8 Å². The lowest BCUT2D eigenvalue weighted by Gasteiger charge is -2.35. The van der Waals surface area contributed by atoms with Crippen molar-refractivity contribution >= 4 is 5.95 Å². The third-order valence-electron chi connectivity index (χ3n) is 2.97. The predicted molar refractivity (Wildman–Crippen MR) is 56.7 cm³/mol. The van der Waals surface area contributed by atoms with E-state index >= 15 is 0 Å². The quantitative estimate of drug-likeness (QED) is 0.719. The number of rotatable bonds is 2. The van der Waals surface area contributed by atoms with Gasteiger partial charge in [-0.3, -0.25) is 0 Å². The van der Waals surface area contributed by atoms with Crippen molar-refractivity contribution in [2.75, 3.05) is 5.73 Å². The summed E-state index contributed by atoms with van der Waals surface area (Å²) in [7, 11) is 1.77. The van der Waals surface area contributed by atoms with Gasteiger partial charge in [-0.05, 0) is 13.8 Å². The van der Waals surface area contributed by atoms with Gasteiger partial charge in [0.1, 0.15) is 0 Å². The molecule has 5 heteroatoms. The van der Waals surface area contributed by atoms with Crippen LogP contribution in [0, 0.1) is 0 Å². The van der Waals surface area contributed by atoms with E-state index in [1.54, 1.807) is 11.7 Å². The molecular weight excluding hydrogens is 178 g/mol. The molecule has 0 radical (unpaired) electrons. The summed E-state index contributed by atoms with van der Waals surface area (Å²) in [6, 6.07) is 0. The van der Waals surface area contributed by atoms with Crippen LogP contribution in [0.15, 0.2) is 0 Å². The lowest BCUT2D eigenvalue weighted by Crippen LogP contribution is -2.50. The minimum atomic E-state index is -0.388. The lowest BCUT2D eigenvalue weighted by molar-refractivity contribution is 0.290. The maximum Gasteiger partial charge on any atom is 0.218 e. The summed E-state index contributed by atoms with van der Waals surface area (Å²) in [5.41, 5.74) is 11.0. The fourth-order valence-electron chi connectivity index (χ4n) is 0.949. The highest BCUT2D eigenvalue weighted by Crippen LogP contribution is 2.30. The topological polar surface area (TPSA) is 82.8 Å². The highest BCUT2D eigenvalue weighted by Gasteiger charge is 2.38. The average Bonchev–Trinajstić information content (AvgIpc) is 2.30. The summed E-state index contributed by atoms with van der Waals surface area (Å²) >= 11 is 0. The summed E-state index contributed by atoms with van der Waals surface area (Å²) in [6.45, 7) is 7.95. The number of aromatic nitrogens is 3. The third kappa shape index (κ3) is 1.59. The number of hydrogen-bond donors (Lipinski definition) is 2. The normalized spacial score (nSPS) is 13.3. The molecule has 1 aromatic rings. The summed E-state index contributed by atoms with van der Waals surface area (Å²) in [5, 5.41) is 4.25. The lowest BCUT2D eigenvalue weighted by atomic mass is 9.75. The Labute approximate surface area is 84.5 Å². The van der Waals surface area contributed by atoms with Crippen molar-refractivity contribution in [3.8, 4) is 0 Å². The Morgan fingerprint density at radius 2 is 1.71 bits per heavy atom. The fraction of sp³-hybridized carbons (Fsp3) is 0.778. The number of nitrogen functional groups attached to an aromatic ring is 1. The number of anilines is 1. The van der Waals surface area contributed by atoms with Crippen LogP contribution in [0.25, 0.3) is 0 Å². The number of aryl methyl sites for hydroxylation is 1. The van der Waals surface area contributed by atoms with E-state index in [0.29, 0.717) is 11.8 Å². The van der Waals surface area contributed by atoms with Crippen LogP contribution < -0.4 is 11.5 Å². The van der Waals surface area contributed by atoms with E-state index in [0.717, 1.165) is 0 Å². The smallest absolute Gasteiger partial charge is 0.218 e. The van der Waals surface area contributed by atoms with Crippen molar-refractivity contribution in [3.63, 3.8) is 0 Å². The molecule has 0 unspecified atom stereocenters. The Balaban J connectivity index is 3.16. The molecule has 0 saturated carbocycles. The number of nitrogens with two attached hydrogens (primary N) is 2. The van der Waals surface area contributed by atoms with E-state index in [1.807, 2.05) is 27.7 Å². The van der Waals surface area contributed by atoms with Gasteiger partial charge in [0.15, 0.2) is 5.82 Å². The molecule has 5 nitrogen and oxygen atoms in total. The second-order valence-electron chi connectivity index (χ2n) is 4.76. The first-order valence-electron chi connectivity index (χ1n) is 4.62. The van der Waals surface area contributed by atoms with Crippen LogP contribution in [-0.4, -0.2) is 20.3 Å². The zero-order valence-corrected chi connectivity index (χ0v) is 9.50. The minimum Gasteiger partial charge on any atom is -0.368 e. The summed E-state index contributed by atoms with van der Waals surface area (Å²) in [4.78, 5) is 4.20. The first kappa shape index (κ1) is 11.0. The molecule has 1 heterocycles. The van der Waals surface area contributed by atoms with Crippen molar-refractivity contribution in [2.45, 2.75) is 38.6 Å². The van der Waals surface area contributed by atoms with Crippen LogP contribution in [0.5, 0.6) is 0 Å². The number of hydrogen-bond acceptors (Lipinski definition) is 4. The average molecular weight is 197 g/mol. The molecule has 0 aliphatic carbocycles. The first-order valence-corrected chi connectivity index (χ1v) is 4.62. The van der Waals surface area contributed by atoms with Gasteiger partial charge in [-0.25, -0.2) is 4.68 Å². The van der Waals surface area contributed by atoms with Crippen molar-refractivity contribution in [3.05, 3.63) is 5.82 Å². The standard InChI is InChI=1S/C9H19N5/c1-8(2,9(3,4)11)6-12-7(10)14(5)13-6/h11H2,1-5H3,(H2,10,12,13). The van der Waals surface area contributed by atoms with Gasteiger partial charge in [0.2, 0.25) is 5.95 Å². The largest absolute Gasteiger partial charge is 0.368 e. The first-order chi connectivity index (χ1) is 6.16. The minimum absolute atomic E-state index is 0.303. The summed E-state index contributed by atoms with van der Waals surface area (Å²) in [5.74, 6) is 1.10. The highest BCUT2D eigenvalue weighted by atomic mass is 15.4. The Hall–Kier alpha value is -1.10. The molecule has 0 aliphatic heterocycles. The fourth-order valence-corrected chi connectivity index (χ4v) is 0.949. The van der Waals surface area contributed by atoms with E-state index in [1.165, 1.54) is 0 Å². The molecule has 4 N–H and O–H groups in total. The zero-order valence-electron chi connectivity index (χ0n) is 9.50. The Bertz CT molecular complexity index is 312. The predicted octanol–water partition coefficient (Wildman–Crippen LogP) is 0.412. The van der Waals surface area contributed by atoms with Gasteiger partial charge in [-0.1, -0.05) is 13.8 Å². The molecule has 0 atom stereocenters. The second-order valence-corrected chi connectivity index (χ2v) is 4.76. The molecule has 1 rings (SSSR count). The van der Waals surface area contributed by atoms with Gasteiger partial charge in [-0.2, -0.15) is 10.1 Å². The van der Waals surface area contributed by atoms with E-state index in [2.05, 4.69) is 10.1 Å². The second kappa shape index (κ2) is 2.95. The Morgan fingerprint density at radius 3 is 2.00 bits per heavy atom. The molecule has 0 fully saturated rings. The molecule has 0 aliphatic rings. The van der Waals surface area contributed by atoms with E-state index in [-0.39, 0.29) is 11.0 Å². The zero-order chi connectivity index (χ0) is 11.1. The Kier molecular flexibility index (Phi) is 2.31. The maximum atomic E-state index is 6.07. The molecule has 0 bridgehead atoms. The van der Waals surface area contributed by atoms with Gasteiger partial charge >= 0.3 is 0 Å². The third-order valence-corrected chi connectivity index (χ3v) is 2.97. The molecule has 80 valence electrons. The number of nitrogens with zero attached hydrogens (tertiary/aromatic N) is 3. The van der Waals surface area contributed by atoms with Crippen LogP contribution in [0.3, 0.4) is 0 Å². The van der Waals surface area contributed by atoms with E-state index in [9.17, 15) is 0 Å². The molecule has 14 heavy (non-hydrogen) atoms. The van der Waals surface area contributed by atoms with Gasteiger partial charge in [0, 0.05) is 18.0 Å². The van der Waals surface area contributed by atoms with E-state index < -0.39 is 0 Å². The van der Waals surface area contributed by atoms with Crippen LogP contribution in [0.2, 0.25) is 0 Å². The molecule has 1 aromatic heterocycles. The van der Waals surface area contributed by atoms with Gasteiger partial charge < -0.3 is 11.5 Å². The Morgan fingerprint density at radius 1 is 1.21 bits per heavy atom. The van der Waals surface area contributed by atoms with Crippen LogP contribution >= 0.6 is 0 Å². The molecule has 0 amide bonds. The summed E-state index contributed by atoms with van der Waals surface area (Å²) in [6.07, 6.45) is 0. The van der Waals surface area contributed by atoms with Crippen molar-refractivity contribution in [2.24, 2.45) is 12.8 Å². The molecule has 0 aromatic carbocycles. The van der Waals surface area contributed by atoms with Gasteiger partial charge in [0.25, 0.3) is 0 Å². The monoisotopic (exact) mass is 197 g/mol. The van der Waals surface area contributed by atoms with Crippen molar-refractivity contribution in [1.29, 1.82) is 0 Å².